The summed E-state index contributed by atoms with van der Waals surface area (Å²) in [6, 6.07) is 10.6. The summed E-state index contributed by atoms with van der Waals surface area (Å²) in [7, 11) is 1.93. The number of rotatable bonds is 4. The van der Waals surface area contributed by atoms with Crippen LogP contribution in [-0.4, -0.2) is 9.78 Å². The maximum Gasteiger partial charge on any atom is 0.0762 e. The molecule has 1 atom stereocenters. The predicted molar refractivity (Wildman–Crippen MR) is 72.6 cm³/mol. The van der Waals surface area contributed by atoms with Gasteiger partial charge >= 0.3 is 0 Å². The zero-order valence-corrected chi connectivity index (χ0v) is 11.6. The Hall–Kier alpha value is -1.13. The summed E-state index contributed by atoms with van der Waals surface area (Å²) < 4.78 is 2.96. The minimum atomic E-state index is 0.299. The van der Waals surface area contributed by atoms with Gasteiger partial charge in [0.15, 0.2) is 0 Å². The molecule has 0 amide bonds. The molecule has 4 heteroatoms. The van der Waals surface area contributed by atoms with Crippen LogP contribution in [0, 0.1) is 0 Å². The molecule has 0 unspecified atom stereocenters. The molecule has 17 heavy (non-hydrogen) atoms. The molecule has 90 valence electrons. The fourth-order valence-electron chi connectivity index (χ4n) is 1.75. The monoisotopic (exact) mass is 293 g/mol. The fraction of sp³-hybridized carbons (Fsp3) is 0.308. The van der Waals surface area contributed by atoms with Gasteiger partial charge in [-0.2, -0.15) is 5.10 Å². The summed E-state index contributed by atoms with van der Waals surface area (Å²) >= 11 is 3.57. The number of aryl methyl sites for hydroxylation is 1. The van der Waals surface area contributed by atoms with Crippen molar-refractivity contribution in [3.05, 3.63) is 52.3 Å². The first-order chi connectivity index (χ1) is 8.16. The summed E-state index contributed by atoms with van der Waals surface area (Å²) in [6.45, 7) is 2.94. The van der Waals surface area contributed by atoms with E-state index < -0.39 is 0 Å². The van der Waals surface area contributed by atoms with Crippen molar-refractivity contribution in [1.82, 2.24) is 15.1 Å². The van der Waals surface area contributed by atoms with Crippen molar-refractivity contribution < 1.29 is 0 Å². The normalized spacial score (nSPS) is 12.6. The molecule has 0 aliphatic carbocycles. The summed E-state index contributed by atoms with van der Waals surface area (Å²) in [5.41, 5.74) is 2.33. The van der Waals surface area contributed by atoms with Gasteiger partial charge < -0.3 is 5.32 Å². The molecule has 1 heterocycles. The standard InChI is InChI=1S/C13H16BrN3/c1-10(12-5-3-4-6-13(12)14)15-9-11-7-8-17(2)16-11/h3-8,10,15H,9H2,1-2H3/t10-/m1/s1. The lowest BCUT2D eigenvalue weighted by Crippen LogP contribution is -2.18. The molecule has 1 aromatic heterocycles. The van der Waals surface area contributed by atoms with Crippen LogP contribution in [0.1, 0.15) is 24.2 Å². The number of nitrogens with one attached hydrogen (secondary N) is 1. The van der Waals surface area contributed by atoms with Crippen molar-refractivity contribution in [2.75, 3.05) is 0 Å². The fourth-order valence-corrected chi connectivity index (χ4v) is 2.38. The Labute approximate surface area is 110 Å². The van der Waals surface area contributed by atoms with E-state index in [0.29, 0.717) is 6.04 Å². The molecule has 0 spiro atoms. The van der Waals surface area contributed by atoms with Crippen molar-refractivity contribution in [1.29, 1.82) is 0 Å². The van der Waals surface area contributed by atoms with Gasteiger partial charge in [0.2, 0.25) is 0 Å². The molecule has 2 rings (SSSR count). The van der Waals surface area contributed by atoms with Crippen molar-refractivity contribution >= 4 is 15.9 Å². The maximum atomic E-state index is 4.34. The second-order valence-electron chi connectivity index (χ2n) is 4.10. The molecule has 0 bridgehead atoms. The van der Waals surface area contributed by atoms with Crippen LogP contribution in [0.3, 0.4) is 0 Å². The smallest absolute Gasteiger partial charge is 0.0762 e. The van der Waals surface area contributed by atoms with Crippen LogP contribution >= 0.6 is 15.9 Å². The van der Waals surface area contributed by atoms with Crippen LogP contribution in [0.5, 0.6) is 0 Å². The van der Waals surface area contributed by atoms with Gasteiger partial charge in [0.1, 0.15) is 0 Å². The van der Waals surface area contributed by atoms with Gasteiger partial charge in [-0.1, -0.05) is 34.1 Å². The van der Waals surface area contributed by atoms with Gasteiger partial charge in [0.05, 0.1) is 5.69 Å². The molecule has 0 radical (unpaired) electrons. The number of halogens is 1. The molecule has 3 nitrogen and oxygen atoms in total. The van der Waals surface area contributed by atoms with Gasteiger partial charge in [-0.05, 0) is 24.6 Å². The van der Waals surface area contributed by atoms with Crippen molar-refractivity contribution in [3.8, 4) is 0 Å². The molecule has 1 N–H and O–H groups in total. The lowest BCUT2D eigenvalue weighted by Gasteiger charge is -2.14. The highest BCUT2D eigenvalue weighted by atomic mass is 79.9. The zero-order chi connectivity index (χ0) is 12.3. The number of hydrogen-bond acceptors (Lipinski definition) is 2. The number of aromatic nitrogens is 2. The Balaban J connectivity index is 1.98. The second-order valence-corrected chi connectivity index (χ2v) is 4.96. The highest BCUT2D eigenvalue weighted by molar-refractivity contribution is 9.10. The average molecular weight is 294 g/mol. The Morgan fingerprint density at radius 1 is 1.35 bits per heavy atom. The minimum Gasteiger partial charge on any atom is -0.304 e. The van der Waals surface area contributed by atoms with Crippen molar-refractivity contribution in [3.63, 3.8) is 0 Å². The highest BCUT2D eigenvalue weighted by Crippen LogP contribution is 2.22. The van der Waals surface area contributed by atoms with Crippen molar-refractivity contribution in [2.24, 2.45) is 7.05 Å². The molecule has 1 aromatic carbocycles. The van der Waals surface area contributed by atoms with E-state index in [9.17, 15) is 0 Å². The van der Waals surface area contributed by atoms with E-state index in [1.807, 2.05) is 30.1 Å². The number of benzene rings is 1. The van der Waals surface area contributed by atoms with E-state index in [0.717, 1.165) is 16.7 Å². The Bertz CT molecular complexity index is 493. The van der Waals surface area contributed by atoms with Gasteiger partial charge in [-0.3, -0.25) is 4.68 Å². The predicted octanol–water partition coefficient (Wildman–Crippen LogP) is 3.03. The van der Waals surface area contributed by atoms with Crippen LogP contribution in [-0.2, 0) is 13.6 Å². The Morgan fingerprint density at radius 2 is 2.12 bits per heavy atom. The largest absolute Gasteiger partial charge is 0.304 e. The SMILES string of the molecule is C[C@@H](NCc1ccn(C)n1)c1ccccc1Br. The summed E-state index contributed by atoms with van der Waals surface area (Å²) in [4.78, 5) is 0. The lowest BCUT2D eigenvalue weighted by atomic mass is 10.1. The highest BCUT2D eigenvalue weighted by Gasteiger charge is 2.08. The van der Waals surface area contributed by atoms with Crippen LogP contribution in [0.15, 0.2) is 41.0 Å². The Kier molecular flexibility index (Phi) is 3.97. The molecule has 0 aliphatic heterocycles. The van der Waals surface area contributed by atoms with Crippen LogP contribution < -0.4 is 5.32 Å². The number of nitrogens with zero attached hydrogens (tertiary/aromatic N) is 2. The first-order valence-corrected chi connectivity index (χ1v) is 6.42. The van der Waals surface area contributed by atoms with E-state index in [4.69, 9.17) is 0 Å². The third-order valence-electron chi connectivity index (χ3n) is 2.73. The molecule has 0 saturated heterocycles. The zero-order valence-electron chi connectivity index (χ0n) is 10.0. The van der Waals surface area contributed by atoms with Crippen LogP contribution in [0.25, 0.3) is 0 Å². The maximum absolute atomic E-state index is 4.34. The van der Waals surface area contributed by atoms with E-state index in [2.05, 4.69) is 51.5 Å². The summed E-state index contributed by atoms with van der Waals surface area (Å²) in [6.07, 6.45) is 1.96. The van der Waals surface area contributed by atoms with Crippen LogP contribution in [0.2, 0.25) is 0 Å². The molecule has 0 fully saturated rings. The van der Waals surface area contributed by atoms with E-state index >= 15 is 0 Å². The first-order valence-electron chi connectivity index (χ1n) is 5.63. The second kappa shape index (κ2) is 5.47. The van der Waals surface area contributed by atoms with Gasteiger partial charge in [-0.25, -0.2) is 0 Å². The summed E-state index contributed by atoms with van der Waals surface area (Å²) in [5, 5.41) is 7.80. The molecular formula is C13H16BrN3. The van der Waals surface area contributed by atoms with Crippen molar-refractivity contribution in [2.45, 2.75) is 19.5 Å². The molecular weight excluding hydrogens is 278 g/mol. The lowest BCUT2D eigenvalue weighted by molar-refractivity contribution is 0.560. The first kappa shape index (κ1) is 12.3. The van der Waals surface area contributed by atoms with Gasteiger partial charge in [-0.15, -0.1) is 0 Å². The van der Waals surface area contributed by atoms with E-state index in [1.165, 1.54) is 5.56 Å². The summed E-state index contributed by atoms with van der Waals surface area (Å²) in [5.74, 6) is 0. The third-order valence-corrected chi connectivity index (χ3v) is 3.45. The average Bonchev–Trinajstić information content (AvgIpc) is 2.73. The Morgan fingerprint density at radius 3 is 2.76 bits per heavy atom. The topological polar surface area (TPSA) is 29.9 Å². The van der Waals surface area contributed by atoms with Gasteiger partial charge in [0, 0.05) is 30.3 Å². The minimum absolute atomic E-state index is 0.299. The third kappa shape index (κ3) is 3.17. The number of hydrogen-bond donors (Lipinski definition) is 1. The molecule has 2 aromatic rings. The van der Waals surface area contributed by atoms with E-state index in [1.54, 1.807) is 0 Å². The van der Waals surface area contributed by atoms with Gasteiger partial charge in [0.25, 0.3) is 0 Å². The van der Waals surface area contributed by atoms with E-state index in [-0.39, 0.29) is 0 Å². The molecule has 0 saturated carbocycles. The quantitative estimate of drug-likeness (QED) is 0.939. The van der Waals surface area contributed by atoms with Crippen LogP contribution in [0.4, 0.5) is 0 Å². The molecule has 0 aliphatic rings.